The summed E-state index contributed by atoms with van der Waals surface area (Å²) in [6.07, 6.45) is 0. The lowest BCUT2D eigenvalue weighted by molar-refractivity contribution is -0.386. The summed E-state index contributed by atoms with van der Waals surface area (Å²) in [4.78, 5) is 64.6. The highest BCUT2D eigenvalue weighted by Crippen LogP contribution is 2.30. The summed E-state index contributed by atoms with van der Waals surface area (Å²) < 4.78 is 60.6. The Bertz CT molecular complexity index is 2620. The number of methoxy groups -OCH3 is 8. The first kappa shape index (κ1) is 68.4. The zero-order chi connectivity index (χ0) is 58.6. The number of hydrogen-bond acceptors (Lipinski definition) is 23. The first-order valence-corrected chi connectivity index (χ1v) is 24.0. The Kier molecular flexibility index (Phi) is 34.0. The first-order valence-electron chi connectivity index (χ1n) is 22.5. The molecular formula is C51H61Br2N3O22. The summed E-state index contributed by atoms with van der Waals surface area (Å²) in [5, 5.41) is 39.2. The Morgan fingerprint density at radius 1 is 0.462 bits per heavy atom. The van der Waals surface area contributed by atoms with E-state index in [1.54, 1.807) is 63.8 Å². The fourth-order valence-corrected chi connectivity index (χ4v) is 6.13. The molecule has 0 aromatic heterocycles. The maximum Gasteiger partial charge on any atom is 0.337 e. The number of aromatic hydroxyl groups is 1. The number of halogens is 2. The lowest BCUT2D eigenvalue weighted by Crippen LogP contribution is -2.08. The van der Waals surface area contributed by atoms with Gasteiger partial charge in [-0.25, -0.2) is 19.2 Å². The van der Waals surface area contributed by atoms with Crippen LogP contribution in [0.4, 0.5) is 17.1 Å². The van der Waals surface area contributed by atoms with E-state index in [2.05, 4.69) is 50.8 Å². The molecule has 5 aromatic rings. The number of phenolic OH excluding ortho intramolecular Hbond substituents is 1. The van der Waals surface area contributed by atoms with Gasteiger partial charge in [-0.3, -0.25) is 20.2 Å². The first-order chi connectivity index (χ1) is 37.3. The number of esters is 4. The van der Waals surface area contributed by atoms with Crippen LogP contribution in [0.2, 0.25) is 0 Å². The van der Waals surface area contributed by atoms with Gasteiger partial charge < -0.3 is 72.8 Å². The van der Waals surface area contributed by atoms with Crippen molar-refractivity contribution in [3.05, 3.63) is 148 Å². The van der Waals surface area contributed by atoms with Crippen molar-refractivity contribution in [3.63, 3.8) is 0 Å². The number of benzene rings is 5. The van der Waals surface area contributed by atoms with E-state index in [-0.39, 0.29) is 41.7 Å². The van der Waals surface area contributed by atoms with Gasteiger partial charge in [0.1, 0.15) is 43.7 Å². The highest BCUT2D eigenvalue weighted by molar-refractivity contribution is 9.11. The van der Waals surface area contributed by atoms with Crippen LogP contribution in [0, 0.1) is 20.2 Å². The zero-order valence-corrected chi connectivity index (χ0v) is 47.0. The Morgan fingerprint density at radius 2 is 0.795 bits per heavy atom. The Hall–Kier alpha value is -7.66. The minimum absolute atomic E-state index is 0.0138. The van der Waals surface area contributed by atoms with Crippen molar-refractivity contribution in [2.75, 3.05) is 115 Å². The van der Waals surface area contributed by atoms with Gasteiger partial charge in [-0.15, -0.1) is 0 Å². The van der Waals surface area contributed by atoms with Gasteiger partial charge in [-0.05, 0) is 98.1 Å². The van der Waals surface area contributed by atoms with Gasteiger partial charge in [0.05, 0.1) is 108 Å². The number of aliphatic hydroxyl groups is 1. The molecule has 0 saturated carbocycles. The van der Waals surface area contributed by atoms with Crippen molar-refractivity contribution < 1.29 is 96.1 Å². The fourth-order valence-electron chi connectivity index (χ4n) is 5.41. The van der Waals surface area contributed by atoms with E-state index in [1.807, 2.05) is 12.1 Å². The lowest BCUT2D eigenvalue weighted by Gasteiger charge is -2.09. The van der Waals surface area contributed by atoms with Crippen LogP contribution in [0.25, 0.3) is 0 Å². The van der Waals surface area contributed by atoms with Gasteiger partial charge in [-0.1, -0.05) is 6.07 Å². The number of nitrogens with two attached hydrogens (primary N) is 1. The van der Waals surface area contributed by atoms with Crippen LogP contribution in [0.1, 0.15) is 47.0 Å². The number of carbonyl (C=O) groups excluding carboxylic acids is 4. The van der Waals surface area contributed by atoms with Gasteiger partial charge >= 0.3 is 35.3 Å². The van der Waals surface area contributed by atoms with Crippen LogP contribution in [-0.2, 0) is 44.5 Å². The Labute approximate surface area is 465 Å². The number of anilines is 1. The van der Waals surface area contributed by atoms with Crippen molar-refractivity contribution in [2.24, 2.45) is 0 Å². The molecule has 78 heavy (non-hydrogen) atoms. The number of ether oxygens (including phenoxy) is 12. The molecule has 27 heteroatoms. The minimum Gasteiger partial charge on any atom is -0.502 e. The SMILES string of the molecule is COC(=O)c1ccc([N+](=O)[O-])c(O)c1.COCCOc1cc(C(=O)OC)ccc1Br.COCCOc1cc(C(=O)OC)ccc1N.COCCOc1cc(C(=O)OC)ccc1[N+](=O)[O-].COCCOc1cc(CO)ccc1Br. The van der Waals surface area contributed by atoms with Crippen LogP contribution in [0.3, 0.4) is 0 Å². The normalized spacial score (nSPS) is 9.88. The van der Waals surface area contributed by atoms with E-state index < -0.39 is 39.2 Å². The molecule has 0 aliphatic carbocycles. The second-order valence-electron chi connectivity index (χ2n) is 14.6. The summed E-state index contributed by atoms with van der Waals surface area (Å²) in [6.45, 7) is 3.29. The quantitative estimate of drug-likeness (QED) is 0.0140. The predicted octanol–water partition coefficient (Wildman–Crippen LogP) is 7.80. The molecule has 25 nitrogen and oxygen atoms in total. The molecule has 5 rings (SSSR count). The van der Waals surface area contributed by atoms with E-state index in [0.29, 0.717) is 74.6 Å². The van der Waals surface area contributed by atoms with Gasteiger partial charge in [0.15, 0.2) is 11.5 Å². The minimum atomic E-state index is -0.740. The number of nitrogen functional groups attached to an aromatic ring is 1. The molecule has 0 radical (unpaired) electrons. The predicted molar refractivity (Wildman–Crippen MR) is 288 cm³/mol. The van der Waals surface area contributed by atoms with Gasteiger partial charge in [0, 0.05) is 52.7 Å². The molecule has 426 valence electrons. The number of nitro benzene ring substituents is 2. The molecule has 0 bridgehead atoms. The molecule has 0 heterocycles. The molecular weight excluding hydrogens is 1170 g/mol. The number of nitrogens with zero attached hydrogens (tertiary/aromatic N) is 2. The van der Waals surface area contributed by atoms with Crippen molar-refractivity contribution in [2.45, 2.75) is 6.61 Å². The molecule has 0 aliphatic heterocycles. The lowest BCUT2D eigenvalue weighted by atomic mass is 10.2. The van der Waals surface area contributed by atoms with Gasteiger partial charge in [-0.2, -0.15) is 0 Å². The molecule has 0 unspecified atom stereocenters. The van der Waals surface area contributed by atoms with Crippen molar-refractivity contribution in [3.8, 4) is 28.7 Å². The molecule has 0 amide bonds. The van der Waals surface area contributed by atoms with E-state index in [1.165, 1.54) is 59.8 Å². The molecule has 5 aromatic carbocycles. The summed E-state index contributed by atoms with van der Waals surface area (Å²) in [5.41, 5.74) is 7.47. The molecule has 4 N–H and O–H groups in total. The topological polar surface area (TPSA) is 332 Å². The van der Waals surface area contributed by atoms with Gasteiger partial charge in [0.25, 0.3) is 0 Å². The standard InChI is InChI=1S/C11H13BrO4.C11H13NO6.C11H15NO4.C10H13BrO3.C8H7NO5/c1-14-5-6-16-10-7-8(11(13)15-2)3-4-9(10)12;1-16-5-6-18-10-7-8(11(13)17-2)3-4-9(10)12(14)15;1-14-5-6-16-10-7-8(11(13)15-2)3-4-9(10)12;1-13-4-5-14-10-6-8(7-12)2-3-9(10)11;1-14-8(11)5-2-3-6(9(12)13)7(10)4-5/h3-4,7H,5-6H2,1-2H3;3-4,7H,5-6H2,1-2H3;3-4,7H,5-6,12H2,1-2H3;2-3,6,12H,4-5,7H2,1H3;2-4,10H,1H3. The van der Waals surface area contributed by atoms with Crippen molar-refractivity contribution >= 4 is 72.8 Å². The summed E-state index contributed by atoms with van der Waals surface area (Å²) in [5.74, 6) is -0.802. The van der Waals surface area contributed by atoms with E-state index in [9.17, 15) is 39.4 Å². The third kappa shape index (κ3) is 25.0. The number of hydrogen-bond donors (Lipinski definition) is 3. The molecule has 0 spiro atoms. The van der Waals surface area contributed by atoms with Crippen LogP contribution in [-0.4, -0.2) is 154 Å². The number of phenols is 1. The summed E-state index contributed by atoms with van der Waals surface area (Å²) >= 11 is 6.70. The van der Waals surface area contributed by atoms with Crippen LogP contribution in [0.15, 0.2) is 99.9 Å². The highest BCUT2D eigenvalue weighted by Gasteiger charge is 2.19. The zero-order valence-electron chi connectivity index (χ0n) is 43.8. The smallest absolute Gasteiger partial charge is 0.337 e. The maximum absolute atomic E-state index is 11.3. The maximum atomic E-state index is 11.3. The second kappa shape index (κ2) is 38.8. The average Bonchev–Trinajstić information content (AvgIpc) is 3.44. The Balaban J connectivity index is 0.000000489. The molecule has 0 atom stereocenters. The summed E-state index contributed by atoms with van der Waals surface area (Å²) in [7, 11) is 11.4. The van der Waals surface area contributed by atoms with Crippen molar-refractivity contribution in [1.82, 2.24) is 0 Å². The Morgan fingerprint density at radius 3 is 1.19 bits per heavy atom. The van der Waals surface area contributed by atoms with E-state index >= 15 is 0 Å². The third-order valence-corrected chi connectivity index (χ3v) is 10.6. The van der Waals surface area contributed by atoms with Crippen LogP contribution >= 0.6 is 31.9 Å². The molecule has 0 aliphatic rings. The van der Waals surface area contributed by atoms with Crippen molar-refractivity contribution in [1.29, 1.82) is 0 Å². The number of rotatable bonds is 23. The van der Waals surface area contributed by atoms with E-state index in [0.717, 1.165) is 32.4 Å². The number of aliphatic hydroxyl groups excluding tert-OH is 1. The molecule has 0 fully saturated rings. The highest BCUT2D eigenvalue weighted by atomic mass is 79.9. The summed E-state index contributed by atoms with van der Waals surface area (Å²) in [6, 6.07) is 22.3. The van der Waals surface area contributed by atoms with Crippen LogP contribution in [0.5, 0.6) is 28.7 Å². The largest absolute Gasteiger partial charge is 0.502 e. The fraction of sp³-hybridized carbons (Fsp3) is 0.333. The monoisotopic (exact) mass is 1230 g/mol. The molecule has 0 saturated heterocycles. The van der Waals surface area contributed by atoms with E-state index in [4.69, 9.17) is 53.8 Å². The van der Waals surface area contributed by atoms with Crippen LogP contribution < -0.4 is 24.7 Å². The average molecular weight is 1230 g/mol. The number of nitro groups is 2. The van der Waals surface area contributed by atoms with Gasteiger partial charge in [0.2, 0.25) is 0 Å². The second-order valence-corrected chi connectivity index (χ2v) is 16.3. The number of carbonyl (C=O) groups is 4. The third-order valence-electron chi connectivity index (χ3n) is 9.32.